The molecule has 0 bridgehead atoms. The van der Waals surface area contributed by atoms with Gasteiger partial charge in [-0.3, -0.25) is 9.00 Å². The summed E-state index contributed by atoms with van der Waals surface area (Å²) in [6.07, 6.45) is 1.94. The quantitative estimate of drug-likeness (QED) is 0.764. The first-order valence-corrected chi connectivity index (χ1v) is 8.09. The maximum absolute atomic E-state index is 13.2. The second kappa shape index (κ2) is 8.63. The summed E-state index contributed by atoms with van der Waals surface area (Å²) in [5.41, 5.74) is 0.167. The van der Waals surface area contributed by atoms with E-state index < -0.39 is 22.5 Å². The first-order chi connectivity index (χ1) is 9.58. The minimum Gasteiger partial charge on any atom is -0.369 e. The summed E-state index contributed by atoms with van der Waals surface area (Å²) in [6.45, 7) is 4.75. The molecule has 7 heteroatoms. The van der Waals surface area contributed by atoms with Crippen LogP contribution in [-0.4, -0.2) is 39.7 Å². The molecule has 1 unspecified atom stereocenters. The molecular weight excluding hydrogens is 281 g/mol. The molecule has 0 aliphatic heterocycles. The van der Waals surface area contributed by atoms with Gasteiger partial charge in [-0.05, 0) is 12.5 Å². The van der Waals surface area contributed by atoms with Crippen molar-refractivity contribution < 1.29 is 13.4 Å². The van der Waals surface area contributed by atoms with Crippen molar-refractivity contribution in [1.82, 2.24) is 10.3 Å². The van der Waals surface area contributed by atoms with Gasteiger partial charge < -0.3 is 10.6 Å². The van der Waals surface area contributed by atoms with Crippen LogP contribution in [0.5, 0.6) is 0 Å². The SMILES string of the molecule is CCCNc1ncc(F)cc1C(=O)NCCS(=O)CC. The summed E-state index contributed by atoms with van der Waals surface area (Å²) in [5, 5.41) is 5.61. The number of nitrogens with zero attached hydrogens (tertiary/aromatic N) is 1. The smallest absolute Gasteiger partial charge is 0.255 e. The van der Waals surface area contributed by atoms with E-state index in [9.17, 15) is 13.4 Å². The van der Waals surface area contributed by atoms with Crippen LogP contribution in [0.2, 0.25) is 0 Å². The van der Waals surface area contributed by atoms with Crippen LogP contribution in [0.1, 0.15) is 30.6 Å². The van der Waals surface area contributed by atoms with E-state index in [1.165, 1.54) is 0 Å². The van der Waals surface area contributed by atoms with Crippen molar-refractivity contribution in [2.75, 3.05) is 29.9 Å². The molecule has 0 aliphatic carbocycles. The largest absolute Gasteiger partial charge is 0.369 e. The third-order valence-corrected chi connectivity index (χ3v) is 3.88. The lowest BCUT2D eigenvalue weighted by Crippen LogP contribution is -2.29. The Morgan fingerprint density at radius 2 is 2.15 bits per heavy atom. The van der Waals surface area contributed by atoms with E-state index in [2.05, 4.69) is 15.6 Å². The maximum Gasteiger partial charge on any atom is 0.255 e. The van der Waals surface area contributed by atoms with Crippen molar-refractivity contribution in [3.63, 3.8) is 0 Å². The summed E-state index contributed by atoms with van der Waals surface area (Å²) < 4.78 is 24.5. The highest BCUT2D eigenvalue weighted by Crippen LogP contribution is 2.13. The highest BCUT2D eigenvalue weighted by molar-refractivity contribution is 7.84. The minimum atomic E-state index is -0.934. The van der Waals surface area contributed by atoms with Crippen molar-refractivity contribution in [3.8, 4) is 0 Å². The highest BCUT2D eigenvalue weighted by Gasteiger charge is 2.13. The number of nitrogens with one attached hydrogen (secondary N) is 2. The number of amides is 1. The predicted octanol–water partition coefficient (Wildman–Crippen LogP) is 1.54. The third kappa shape index (κ3) is 5.24. The van der Waals surface area contributed by atoms with Gasteiger partial charge in [-0.1, -0.05) is 13.8 Å². The van der Waals surface area contributed by atoms with Crippen molar-refractivity contribution in [2.24, 2.45) is 0 Å². The molecule has 1 aromatic heterocycles. The molecule has 0 saturated carbocycles. The lowest BCUT2D eigenvalue weighted by Gasteiger charge is -2.10. The van der Waals surface area contributed by atoms with Crippen molar-refractivity contribution >= 4 is 22.5 Å². The summed E-state index contributed by atoms with van der Waals surface area (Å²) in [6, 6.07) is 1.15. The van der Waals surface area contributed by atoms with Gasteiger partial charge in [0.25, 0.3) is 5.91 Å². The average molecular weight is 301 g/mol. The Balaban J connectivity index is 2.69. The molecule has 1 rings (SSSR count). The Labute approximate surface area is 120 Å². The molecule has 0 radical (unpaired) electrons. The molecule has 5 nitrogen and oxygen atoms in total. The average Bonchev–Trinajstić information content (AvgIpc) is 2.45. The van der Waals surface area contributed by atoms with E-state index in [0.717, 1.165) is 18.7 Å². The molecule has 0 spiro atoms. The van der Waals surface area contributed by atoms with Gasteiger partial charge in [0.2, 0.25) is 0 Å². The number of halogens is 1. The maximum atomic E-state index is 13.2. The van der Waals surface area contributed by atoms with Gasteiger partial charge in [0, 0.05) is 35.4 Å². The fourth-order valence-corrected chi connectivity index (χ4v) is 2.13. The molecule has 1 atom stereocenters. The van der Waals surface area contributed by atoms with Gasteiger partial charge >= 0.3 is 0 Å². The fourth-order valence-electron chi connectivity index (χ4n) is 1.51. The van der Waals surface area contributed by atoms with Gasteiger partial charge in [0.1, 0.15) is 11.6 Å². The molecule has 0 saturated heterocycles. The molecule has 20 heavy (non-hydrogen) atoms. The van der Waals surface area contributed by atoms with Crippen LogP contribution in [0.15, 0.2) is 12.3 Å². The van der Waals surface area contributed by atoms with E-state index in [-0.39, 0.29) is 5.56 Å². The summed E-state index contributed by atoms with van der Waals surface area (Å²) in [7, 11) is -0.934. The standard InChI is InChI=1S/C13H20FN3O2S/c1-3-5-15-12-11(8-10(14)9-17-12)13(18)16-6-7-20(19)4-2/h8-9H,3-7H2,1-2H3,(H,15,17)(H,16,18). The van der Waals surface area contributed by atoms with Crippen LogP contribution < -0.4 is 10.6 Å². The number of hydrogen-bond acceptors (Lipinski definition) is 4. The van der Waals surface area contributed by atoms with Crippen LogP contribution >= 0.6 is 0 Å². The van der Waals surface area contributed by atoms with Gasteiger partial charge in [-0.2, -0.15) is 0 Å². The van der Waals surface area contributed by atoms with E-state index in [1.807, 2.05) is 13.8 Å². The zero-order valence-corrected chi connectivity index (χ0v) is 12.6. The number of carbonyl (C=O) groups is 1. The summed E-state index contributed by atoms with van der Waals surface area (Å²) in [4.78, 5) is 15.9. The Morgan fingerprint density at radius 1 is 1.40 bits per heavy atom. The van der Waals surface area contributed by atoms with E-state index in [4.69, 9.17) is 0 Å². The Bertz CT molecular complexity index is 483. The molecule has 1 aromatic rings. The molecule has 0 fully saturated rings. The molecule has 0 aliphatic rings. The number of aromatic nitrogens is 1. The fraction of sp³-hybridized carbons (Fsp3) is 0.538. The zero-order valence-electron chi connectivity index (χ0n) is 11.7. The van der Waals surface area contributed by atoms with Crippen LogP contribution in [0.25, 0.3) is 0 Å². The van der Waals surface area contributed by atoms with Crippen molar-refractivity contribution in [1.29, 1.82) is 0 Å². The number of hydrogen-bond donors (Lipinski definition) is 2. The zero-order chi connectivity index (χ0) is 15.0. The molecule has 0 aromatic carbocycles. The molecular formula is C13H20FN3O2S. The number of pyridine rings is 1. The van der Waals surface area contributed by atoms with Gasteiger partial charge in [-0.15, -0.1) is 0 Å². The summed E-state index contributed by atoms with van der Waals surface area (Å²) in [5.74, 6) is 0.337. The molecule has 1 amide bonds. The van der Waals surface area contributed by atoms with Crippen LogP contribution in [-0.2, 0) is 10.8 Å². The van der Waals surface area contributed by atoms with E-state index in [0.29, 0.717) is 30.4 Å². The Morgan fingerprint density at radius 3 is 2.80 bits per heavy atom. The topological polar surface area (TPSA) is 71.1 Å². The van der Waals surface area contributed by atoms with Gasteiger partial charge in [-0.25, -0.2) is 9.37 Å². The third-order valence-electron chi connectivity index (χ3n) is 2.58. The number of carbonyl (C=O) groups excluding carboxylic acids is 1. The van der Waals surface area contributed by atoms with Gasteiger partial charge in [0.05, 0.1) is 11.8 Å². The van der Waals surface area contributed by atoms with Crippen LogP contribution in [0.4, 0.5) is 10.2 Å². The number of rotatable bonds is 8. The van der Waals surface area contributed by atoms with Crippen LogP contribution in [0, 0.1) is 5.82 Å². The highest BCUT2D eigenvalue weighted by atomic mass is 32.2. The van der Waals surface area contributed by atoms with Crippen LogP contribution in [0.3, 0.4) is 0 Å². The summed E-state index contributed by atoms with van der Waals surface area (Å²) >= 11 is 0. The van der Waals surface area contributed by atoms with E-state index >= 15 is 0 Å². The molecule has 2 N–H and O–H groups in total. The second-order valence-electron chi connectivity index (χ2n) is 4.17. The Hall–Kier alpha value is -1.50. The monoisotopic (exact) mass is 301 g/mol. The minimum absolute atomic E-state index is 0.167. The Kier molecular flexibility index (Phi) is 7.14. The normalized spacial score (nSPS) is 11.9. The first-order valence-electron chi connectivity index (χ1n) is 6.61. The molecule has 112 valence electrons. The predicted molar refractivity (Wildman–Crippen MR) is 78.9 cm³/mol. The van der Waals surface area contributed by atoms with Gasteiger partial charge in [0.15, 0.2) is 0 Å². The number of anilines is 1. The van der Waals surface area contributed by atoms with Crippen molar-refractivity contribution in [2.45, 2.75) is 20.3 Å². The second-order valence-corrected chi connectivity index (χ2v) is 6.03. The lowest BCUT2D eigenvalue weighted by molar-refractivity contribution is 0.0956. The molecule has 1 heterocycles. The lowest BCUT2D eigenvalue weighted by atomic mass is 10.2. The first kappa shape index (κ1) is 16.6. The van der Waals surface area contributed by atoms with Crippen molar-refractivity contribution in [3.05, 3.63) is 23.6 Å². The van der Waals surface area contributed by atoms with E-state index in [1.54, 1.807) is 0 Å².